The largest absolute Gasteiger partial charge is 0.369 e. The van der Waals surface area contributed by atoms with Crippen LogP contribution in [0.15, 0.2) is 48.7 Å². The van der Waals surface area contributed by atoms with E-state index >= 15 is 0 Å². The van der Waals surface area contributed by atoms with Gasteiger partial charge < -0.3 is 20.5 Å². The number of hydrogen-bond acceptors (Lipinski definition) is 5. The van der Waals surface area contributed by atoms with Gasteiger partial charge in [0.15, 0.2) is 0 Å². The fourth-order valence-electron chi connectivity index (χ4n) is 5.12. The van der Waals surface area contributed by atoms with Crippen LogP contribution in [0.1, 0.15) is 29.9 Å². The number of H-pyrrole nitrogens is 1. The highest BCUT2D eigenvalue weighted by Gasteiger charge is 2.30. The van der Waals surface area contributed by atoms with E-state index in [4.69, 9.17) is 5.73 Å². The normalized spacial score (nSPS) is 15.7. The van der Waals surface area contributed by atoms with Crippen molar-refractivity contribution < 1.29 is 13.2 Å². The average Bonchev–Trinajstić information content (AvgIpc) is 3.31. The number of nitrogens with two attached hydrogens (primary N) is 1. The van der Waals surface area contributed by atoms with Crippen molar-refractivity contribution in [2.45, 2.75) is 25.2 Å². The molecule has 8 nitrogen and oxygen atoms in total. The first-order valence-corrected chi connectivity index (χ1v) is 14.5. The predicted octanol–water partition coefficient (Wildman–Crippen LogP) is 2.87. The summed E-state index contributed by atoms with van der Waals surface area (Å²) < 4.78 is 27.7. The van der Waals surface area contributed by atoms with E-state index in [9.17, 15) is 13.2 Å². The average molecular weight is 526 g/mol. The molecular weight excluding hydrogens is 486 g/mol. The molecule has 0 aliphatic carbocycles. The Morgan fingerprint density at radius 2 is 1.73 bits per heavy atom. The number of sulfonamides is 1. The minimum absolute atomic E-state index is 0.144. The van der Waals surface area contributed by atoms with Crippen LogP contribution >= 0.6 is 0 Å². The van der Waals surface area contributed by atoms with Crippen LogP contribution in [-0.2, 0) is 21.2 Å². The van der Waals surface area contributed by atoms with Gasteiger partial charge in [0.05, 0.1) is 12.2 Å². The van der Waals surface area contributed by atoms with Crippen molar-refractivity contribution in [1.82, 2.24) is 19.1 Å². The molecule has 4 rings (SSSR count). The maximum Gasteiger partial charge on any atom is 0.221 e. The molecule has 2 heterocycles. The summed E-state index contributed by atoms with van der Waals surface area (Å²) >= 11 is 0. The van der Waals surface area contributed by atoms with Gasteiger partial charge >= 0.3 is 0 Å². The maximum absolute atomic E-state index is 13.0. The first kappa shape index (κ1) is 27.3. The van der Waals surface area contributed by atoms with E-state index < -0.39 is 10.0 Å². The van der Waals surface area contributed by atoms with E-state index in [-0.39, 0.29) is 24.0 Å². The summed E-state index contributed by atoms with van der Waals surface area (Å²) in [4.78, 5) is 19.4. The van der Waals surface area contributed by atoms with Crippen LogP contribution in [-0.4, -0.2) is 93.0 Å². The Bertz CT molecular complexity index is 1310. The smallest absolute Gasteiger partial charge is 0.221 e. The molecule has 3 N–H and O–H groups in total. The summed E-state index contributed by atoms with van der Waals surface area (Å²) in [6, 6.07) is 14.3. The van der Waals surface area contributed by atoms with Crippen molar-refractivity contribution in [1.29, 1.82) is 0 Å². The zero-order valence-electron chi connectivity index (χ0n) is 22.1. The molecule has 1 aliphatic heterocycles. The summed E-state index contributed by atoms with van der Waals surface area (Å²) in [6.07, 6.45) is 3.72. The van der Waals surface area contributed by atoms with Crippen molar-refractivity contribution in [2.24, 2.45) is 5.73 Å². The number of nitrogens with zero attached hydrogens (tertiary/aromatic N) is 3. The molecule has 0 atom stereocenters. The van der Waals surface area contributed by atoms with E-state index in [1.165, 1.54) is 5.56 Å². The Labute approximate surface area is 220 Å². The minimum Gasteiger partial charge on any atom is -0.369 e. The van der Waals surface area contributed by atoms with Gasteiger partial charge in [0.2, 0.25) is 15.9 Å². The molecule has 0 radical (unpaired) electrons. The number of rotatable bonds is 11. The number of benzene rings is 2. The van der Waals surface area contributed by atoms with Crippen LogP contribution in [0.5, 0.6) is 0 Å². The molecule has 0 bridgehead atoms. The van der Waals surface area contributed by atoms with E-state index in [0.29, 0.717) is 19.6 Å². The number of primary amides is 1. The van der Waals surface area contributed by atoms with Crippen LogP contribution in [0, 0.1) is 0 Å². The molecule has 1 amide bonds. The number of piperidine rings is 1. The third kappa shape index (κ3) is 6.78. The number of amides is 1. The highest BCUT2D eigenvalue weighted by Crippen LogP contribution is 2.37. The van der Waals surface area contributed by atoms with Gasteiger partial charge in [-0.3, -0.25) is 4.79 Å². The molecule has 1 saturated heterocycles. The second-order valence-corrected chi connectivity index (χ2v) is 12.5. The Hall–Kier alpha value is -2.72. The minimum atomic E-state index is -3.30. The molecular formula is C28H39N5O3S. The van der Waals surface area contributed by atoms with Gasteiger partial charge in [0.1, 0.15) is 0 Å². The van der Waals surface area contributed by atoms with Crippen LogP contribution in [0.2, 0.25) is 0 Å². The van der Waals surface area contributed by atoms with Crippen molar-refractivity contribution in [3.63, 3.8) is 0 Å². The number of likely N-dealkylation sites (N-methyl/N-ethyl adjacent to an activating group) is 2. The molecule has 9 heteroatoms. The number of nitrogens with one attached hydrogen (secondary N) is 1. The van der Waals surface area contributed by atoms with Crippen molar-refractivity contribution in [3.8, 4) is 11.1 Å². The summed E-state index contributed by atoms with van der Waals surface area (Å²) in [5.74, 6) is 0.0231. The quantitative estimate of drug-likeness (QED) is 0.401. The van der Waals surface area contributed by atoms with E-state index in [2.05, 4.69) is 33.0 Å². The molecule has 37 heavy (non-hydrogen) atoms. The van der Waals surface area contributed by atoms with Gasteiger partial charge in [-0.15, -0.1) is 0 Å². The summed E-state index contributed by atoms with van der Waals surface area (Å²) in [6.45, 7) is 3.32. The highest BCUT2D eigenvalue weighted by atomic mass is 32.2. The number of hydrogen-bond donors (Lipinski definition) is 2. The lowest BCUT2D eigenvalue weighted by Gasteiger charge is -2.31. The molecule has 1 fully saturated rings. The lowest BCUT2D eigenvalue weighted by Crippen LogP contribution is -2.42. The number of carbonyl (C=O) groups excluding carboxylic acids is 1. The molecule has 1 aliphatic rings. The Balaban J connectivity index is 1.49. The van der Waals surface area contributed by atoms with Gasteiger partial charge in [-0.2, -0.15) is 0 Å². The first-order valence-electron chi connectivity index (χ1n) is 12.9. The van der Waals surface area contributed by atoms with Crippen LogP contribution in [0.3, 0.4) is 0 Å². The SMILES string of the molecule is CN(C)CCN(C)CCS(=O)(=O)N1CCC(c2c[nH]c3c(CC(N)=O)cc(-c4ccccc4)cc23)CC1. The lowest BCUT2D eigenvalue weighted by atomic mass is 9.88. The Morgan fingerprint density at radius 3 is 2.38 bits per heavy atom. The number of aromatic nitrogens is 1. The zero-order chi connectivity index (χ0) is 26.6. The lowest BCUT2D eigenvalue weighted by molar-refractivity contribution is -0.117. The Kier molecular flexibility index (Phi) is 8.69. The van der Waals surface area contributed by atoms with E-state index in [1.54, 1.807) is 4.31 Å². The van der Waals surface area contributed by atoms with Gasteiger partial charge in [-0.25, -0.2) is 12.7 Å². The fourth-order valence-corrected chi connectivity index (χ4v) is 6.69. The maximum atomic E-state index is 13.0. The topological polar surface area (TPSA) is 103 Å². The monoisotopic (exact) mass is 525 g/mol. The van der Waals surface area contributed by atoms with Crippen molar-refractivity contribution >= 4 is 26.8 Å². The van der Waals surface area contributed by atoms with Gasteiger partial charge in [-0.05, 0) is 74.3 Å². The Morgan fingerprint density at radius 1 is 1.03 bits per heavy atom. The molecule has 1 aromatic heterocycles. The molecule has 0 spiro atoms. The van der Waals surface area contributed by atoms with Gasteiger partial charge in [0, 0.05) is 49.8 Å². The van der Waals surface area contributed by atoms with Gasteiger partial charge in [-0.1, -0.05) is 30.3 Å². The van der Waals surface area contributed by atoms with Crippen molar-refractivity contribution in [2.75, 3.05) is 59.6 Å². The molecule has 0 saturated carbocycles. The van der Waals surface area contributed by atoms with Crippen LogP contribution < -0.4 is 5.73 Å². The third-order valence-electron chi connectivity index (χ3n) is 7.32. The predicted molar refractivity (Wildman–Crippen MR) is 150 cm³/mol. The van der Waals surface area contributed by atoms with Crippen molar-refractivity contribution in [3.05, 3.63) is 59.8 Å². The molecule has 0 unspecified atom stereocenters. The second kappa shape index (κ2) is 11.8. The molecule has 3 aromatic rings. The summed E-state index contributed by atoms with van der Waals surface area (Å²) in [5, 5.41) is 1.08. The summed E-state index contributed by atoms with van der Waals surface area (Å²) in [5.41, 5.74) is 10.7. The first-order chi connectivity index (χ1) is 17.6. The van der Waals surface area contributed by atoms with Crippen LogP contribution in [0.4, 0.5) is 0 Å². The highest BCUT2D eigenvalue weighted by molar-refractivity contribution is 7.89. The summed E-state index contributed by atoms with van der Waals surface area (Å²) in [7, 11) is 2.71. The van der Waals surface area contributed by atoms with E-state index in [0.717, 1.165) is 53.5 Å². The molecule has 2 aromatic carbocycles. The fraction of sp³-hybridized carbons (Fsp3) is 0.464. The zero-order valence-corrected chi connectivity index (χ0v) is 22.9. The number of fused-ring (bicyclic) bond motifs is 1. The molecule has 200 valence electrons. The number of carbonyl (C=O) groups is 1. The third-order valence-corrected chi connectivity index (χ3v) is 9.17. The van der Waals surface area contributed by atoms with E-state index in [1.807, 2.05) is 51.6 Å². The van der Waals surface area contributed by atoms with Gasteiger partial charge in [0.25, 0.3) is 0 Å². The number of aromatic amines is 1. The van der Waals surface area contributed by atoms with Crippen LogP contribution in [0.25, 0.3) is 22.0 Å². The standard InChI is InChI=1S/C28H39N5O3S/c1-31(2)13-14-32(3)15-16-37(35,36)33-11-9-22(10-12-33)26-20-30-28-24(19-27(29)34)17-23(18-25(26)28)21-7-5-4-6-8-21/h4-8,17-18,20,22,30H,9-16,19H2,1-3H3,(H2,29,34). The second-order valence-electron chi connectivity index (χ2n) is 10.4.